The first-order chi connectivity index (χ1) is 14.6. The van der Waals surface area contributed by atoms with Gasteiger partial charge < -0.3 is 10.1 Å². The summed E-state index contributed by atoms with van der Waals surface area (Å²) in [5.74, 6) is -0.724. The minimum atomic E-state index is -0.471. The largest absolute Gasteiger partial charge is 0.493 e. The smallest absolute Gasteiger partial charge is 0.273 e. The number of unbranched alkanes of at least 4 members (excludes halogenated alkanes) is 3. The van der Waals surface area contributed by atoms with Gasteiger partial charge in [-0.05, 0) is 30.7 Å². The number of rotatable bonds is 11. The van der Waals surface area contributed by atoms with Crippen LogP contribution in [0.2, 0.25) is 0 Å². The molecule has 3 amide bonds. The van der Waals surface area contributed by atoms with Crippen molar-refractivity contribution in [2.45, 2.75) is 45.4 Å². The van der Waals surface area contributed by atoms with E-state index in [1.54, 1.807) is 36.4 Å². The van der Waals surface area contributed by atoms with E-state index in [0.29, 0.717) is 23.6 Å². The van der Waals surface area contributed by atoms with Gasteiger partial charge in [-0.2, -0.15) is 0 Å². The average Bonchev–Trinajstić information content (AvgIpc) is 2.77. The lowest BCUT2D eigenvalue weighted by atomic mass is 10.2. The quantitative estimate of drug-likeness (QED) is 0.387. The Balaban J connectivity index is 1.74. The number of hydrogen-bond acceptors (Lipinski definition) is 4. The van der Waals surface area contributed by atoms with Crippen LogP contribution < -0.4 is 20.9 Å². The van der Waals surface area contributed by atoms with E-state index in [2.05, 4.69) is 23.1 Å². The molecule has 0 aliphatic rings. The maximum absolute atomic E-state index is 12.4. The molecule has 2 aromatic carbocycles. The van der Waals surface area contributed by atoms with E-state index in [1.165, 1.54) is 0 Å². The summed E-state index contributed by atoms with van der Waals surface area (Å²) in [4.78, 5) is 36.2. The number of ether oxygens (including phenoxy) is 1. The Morgan fingerprint density at radius 2 is 1.50 bits per heavy atom. The highest BCUT2D eigenvalue weighted by molar-refractivity contribution is 5.98. The number of nitrogens with one attached hydrogen (secondary N) is 3. The number of carbonyl (C=O) groups excluding carboxylic acids is 3. The zero-order valence-corrected chi connectivity index (χ0v) is 17.3. The molecule has 3 N–H and O–H groups in total. The monoisotopic (exact) mass is 411 g/mol. The molecule has 160 valence electrons. The van der Waals surface area contributed by atoms with Crippen LogP contribution in [-0.2, 0) is 9.59 Å². The van der Waals surface area contributed by atoms with Crippen LogP contribution in [0, 0.1) is 0 Å². The van der Waals surface area contributed by atoms with Crippen molar-refractivity contribution in [2.24, 2.45) is 0 Å². The number of hydrazine groups is 1. The van der Waals surface area contributed by atoms with E-state index in [9.17, 15) is 14.4 Å². The number of benzene rings is 2. The second kappa shape index (κ2) is 13.0. The molecule has 0 saturated heterocycles. The highest BCUT2D eigenvalue weighted by Gasteiger charge is 2.13. The Hall–Kier alpha value is -3.35. The van der Waals surface area contributed by atoms with Crippen molar-refractivity contribution in [3.8, 4) is 5.75 Å². The van der Waals surface area contributed by atoms with E-state index in [1.807, 2.05) is 18.2 Å². The second-order valence-corrected chi connectivity index (χ2v) is 6.82. The average molecular weight is 412 g/mol. The molecule has 0 radical (unpaired) electrons. The van der Waals surface area contributed by atoms with Gasteiger partial charge in [0, 0.05) is 18.5 Å². The van der Waals surface area contributed by atoms with Crippen molar-refractivity contribution < 1.29 is 19.1 Å². The summed E-state index contributed by atoms with van der Waals surface area (Å²) in [6.45, 7) is 2.68. The summed E-state index contributed by atoms with van der Waals surface area (Å²) in [6, 6.07) is 15.9. The predicted octanol–water partition coefficient (Wildman–Crippen LogP) is 3.83. The van der Waals surface area contributed by atoms with E-state index in [0.717, 1.165) is 25.7 Å². The van der Waals surface area contributed by atoms with Gasteiger partial charge in [-0.1, -0.05) is 56.5 Å². The summed E-state index contributed by atoms with van der Waals surface area (Å²) in [6.07, 6.45) is 4.26. The van der Waals surface area contributed by atoms with E-state index in [4.69, 9.17) is 4.74 Å². The van der Waals surface area contributed by atoms with Crippen LogP contribution in [0.3, 0.4) is 0 Å². The van der Waals surface area contributed by atoms with Crippen LogP contribution in [0.15, 0.2) is 54.6 Å². The highest BCUT2D eigenvalue weighted by atomic mass is 16.5. The molecule has 2 rings (SSSR count). The fraction of sp³-hybridized carbons (Fsp3) is 0.348. The van der Waals surface area contributed by atoms with E-state index < -0.39 is 11.8 Å². The van der Waals surface area contributed by atoms with Gasteiger partial charge in [-0.25, -0.2) is 0 Å². The third-order valence-electron chi connectivity index (χ3n) is 4.34. The molecule has 0 aliphatic carbocycles. The Morgan fingerprint density at radius 3 is 2.27 bits per heavy atom. The van der Waals surface area contributed by atoms with E-state index in [-0.39, 0.29) is 18.7 Å². The molecule has 0 saturated carbocycles. The molecule has 0 unspecified atom stereocenters. The van der Waals surface area contributed by atoms with Crippen LogP contribution >= 0.6 is 0 Å². The Morgan fingerprint density at radius 1 is 0.800 bits per heavy atom. The van der Waals surface area contributed by atoms with Crippen LogP contribution in [0.1, 0.15) is 55.8 Å². The molecule has 0 aliphatic heterocycles. The first-order valence-corrected chi connectivity index (χ1v) is 10.3. The van der Waals surface area contributed by atoms with Gasteiger partial charge in [-0.3, -0.25) is 25.2 Å². The minimum Gasteiger partial charge on any atom is -0.493 e. The topological polar surface area (TPSA) is 96.5 Å². The molecule has 0 spiro atoms. The predicted molar refractivity (Wildman–Crippen MR) is 116 cm³/mol. The molecule has 0 bridgehead atoms. The van der Waals surface area contributed by atoms with Crippen molar-refractivity contribution in [3.63, 3.8) is 0 Å². The number of anilines is 1. The Bertz CT molecular complexity index is 824. The Labute approximate surface area is 177 Å². The van der Waals surface area contributed by atoms with Crippen LogP contribution in [0.4, 0.5) is 5.69 Å². The first-order valence-electron chi connectivity index (χ1n) is 10.3. The number of carbonyl (C=O) groups is 3. The van der Waals surface area contributed by atoms with Gasteiger partial charge in [-0.15, -0.1) is 0 Å². The van der Waals surface area contributed by atoms with Gasteiger partial charge in [0.15, 0.2) is 0 Å². The molecular formula is C23H29N3O4. The molecule has 0 aromatic heterocycles. The molecule has 7 nitrogen and oxygen atoms in total. The molecule has 0 heterocycles. The van der Waals surface area contributed by atoms with Crippen molar-refractivity contribution in [3.05, 3.63) is 60.2 Å². The molecule has 7 heteroatoms. The van der Waals surface area contributed by atoms with Crippen molar-refractivity contribution in [2.75, 3.05) is 11.9 Å². The molecule has 30 heavy (non-hydrogen) atoms. The van der Waals surface area contributed by atoms with Crippen molar-refractivity contribution in [1.82, 2.24) is 10.9 Å². The van der Waals surface area contributed by atoms with Crippen LogP contribution in [0.5, 0.6) is 5.75 Å². The fourth-order valence-electron chi connectivity index (χ4n) is 2.72. The standard InChI is InChI=1S/C23H29N3O4/c1-2-3-4-10-17-30-20-14-9-8-13-19(20)23(29)26-25-22(28)16-15-21(27)24-18-11-6-5-7-12-18/h5-9,11-14H,2-4,10,15-17H2,1H3,(H,24,27)(H,25,28)(H,26,29). The minimum absolute atomic E-state index is 0.00799. The van der Waals surface area contributed by atoms with Gasteiger partial charge in [0.2, 0.25) is 11.8 Å². The lowest BCUT2D eigenvalue weighted by Crippen LogP contribution is -2.42. The second-order valence-electron chi connectivity index (χ2n) is 6.82. The number of amides is 3. The normalized spacial score (nSPS) is 10.2. The lowest BCUT2D eigenvalue weighted by molar-refractivity contribution is -0.124. The Kier molecular flexibility index (Phi) is 9.92. The maximum atomic E-state index is 12.4. The fourth-order valence-corrected chi connectivity index (χ4v) is 2.72. The van der Waals surface area contributed by atoms with E-state index >= 15 is 0 Å². The molecule has 2 aromatic rings. The zero-order valence-electron chi connectivity index (χ0n) is 17.3. The summed E-state index contributed by atoms with van der Waals surface area (Å²) >= 11 is 0. The lowest BCUT2D eigenvalue weighted by Gasteiger charge is -2.12. The SMILES string of the molecule is CCCCCCOc1ccccc1C(=O)NNC(=O)CCC(=O)Nc1ccccc1. The van der Waals surface area contributed by atoms with Gasteiger partial charge in [0.05, 0.1) is 12.2 Å². The number of hydrogen-bond donors (Lipinski definition) is 3. The van der Waals surface area contributed by atoms with Gasteiger partial charge >= 0.3 is 0 Å². The summed E-state index contributed by atoms with van der Waals surface area (Å²) in [5, 5.41) is 2.70. The summed E-state index contributed by atoms with van der Waals surface area (Å²) < 4.78 is 5.72. The highest BCUT2D eigenvalue weighted by Crippen LogP contribution is 2.18. The molecule has 0 fully saturated rings. The summed E-state index contributed by atoms with van der Waals surface area (Å²) in [7, 11) is 0. The van der Waals surface area contributed by atoms with Crippen molar-refractivity contribution in [1.29, 1.82) is 0 Å². The first kappa shape index (κ1) is 22.9. The van der Waals surface area contributed by atoms with Crippen LogP contribution in [-0.4, -0.2) is 24.3 Å². The summed E-state index contributed by atoms with van der Waals surface area (Å²) in [5.41, 5.74) is 5.72. The maximum Gasteiger partial charge on any atom is 0.273 e. The van der Waals surface area contributed by atoms with Crippen molar-refractivity contribution >= 4 is 23.4 Å². The van der Waals surface area contributed by atoms with Gasteiger partial charge in [0.1, 0.15) is 5.75 Å². The third kappa shape index (κ3) is 8.34. The molecule has 0 atom stereocenters. The van der Waals surface area contributed by atoms with Gasteiger partial charge in [0.25, 0.3) is 5.91 Å². The molecular weight excluding hydrogens is 382 g/mol. The third-order valence-corrected chi connectivity index (χ3v) is 4.34. The van der Waals surface area contributed by atoms with Crippen LogP contribution in [0.25, 0.3) is 0 Å². The number of para-hydroxylation sites is 2. The zero-order chi connectivity index (χ0) is 21.6.